The van der Waals surface area contributed by atoms with Gasteiger partial charge in [-0.3, -0.25) is 4.79 Å². The Bertz CT molecular complexity index is 950. The summed E-state index contributed by atoms with van der Waals surface area (Å²) in [5.74, 6) is 1.79. The number of aromatic nitrogens is 2. The van der Waals surface area contributed by atoms with Crippen LogP contribution < -0.4 is 10.3 Å². The van der Waals surface area contributed by atoms with Crippen LogP contribution in [0.1, 0.15) is 29.7 Å². The number of ether oxygens (including phenoxy) is 1. The van der Waals surface area contributed by atoms with Crippen LogP contribution in [0.4, 0.5) is 0 Å². The molecule has 0 amide bonds. The largest absolute Gasteiger partial charge is 0.494 e. The first-order chi connectivity index (χ1) is 13.7. The fraction of sp³-hybridized carbons (Fsp3) is 0.217. The number of unbranched alkanes of at least 4 members (excludes halogenated alkanes) is 1. The lowest BCUT2D eigenvalue weighted by Crippen LogP contribution is -2.08. The molecule has 0 bridgehead atoms. The third kappa shape index (κ3) is 6.74. The molecule has 0 radical (unpaired) electrons. The first-order valence-electron chi connectivity index (χ1n) is 9.36. The highest BCUT2D eigenvalue weighted by atomic mass is 32.2. The molecule has 1 aromatic heterocycles. The molecule has 0 aliphatic carbocycles. The zero-order valence-electron chi connectivity index (χ0n) is 15.9. The average molecular weight is 393 g/mol. The first-order valence-corrected chi connectivity index (χ1v) is 10.3. The van der Waals surface area contributed by atoms with E-state index >= 15 is 0 Å². The molecule has 0 aliphatic heterocycles. The van der Waals surface area contributed by atoms with E-state index in [0.717, 1.165) is 35.6 Å². The summed E-state index contributed by atoms with van der Waals surface area (Å²) < 4.78 is 5.81. The molecular formula is C23H24N2O2S. The molecule has 0 saturated heterocycles. The summed E-state index contributed by atoms with van der Waals surface area (Å²) in [5.41, 5.74) is 2.98. The minimum atomic E-state index is -0.0969. The molecule has 0 unspecified atom stereocenters. The number of hydrogen-bond donors (Lipinski definition) is 1. The smallest absolute Gasteiger partial charge is 0.251 e. The Morgan fingerprint density at radius 3 is 2.43 bits per heavy atom. The molecule has 0 aliphatic rings. The van der Waals surface area contributed by atoms with Gasteiger partial charge in [-0.05, 0) is 43.0 Å². The van der Waals surface area contributed by atoms with Gasteiger partial charge in [0.25, 0.3) is 5.56 Å². The lowest BCUT2D eigenvalue weighted by Gasteiger charge is -2.06. The van der Waals surface area contributed by atoms with E-state index in [9.17, 15) is 4.79 Å². The van der Waals surface area contributed by atoms with Gasteiger partial charge in [-0.25, -0.2) is 4.98 Å². The van der Waals surface area contributed by atoms with Crippen molar-refractivity contribution in [1.29, 1.82) is 0 Å². The minimum absolute atomic E-state index is 0.0969. The van der Waals surface area contributed by atoms with Gasteiger partial charge in [-0.15, -0.1) is 0 Å². The molecule has 5 heteroatoms. The number of nitrogens with one attached hydrogen (secondary N) is 1. The number of aromatic amines is 1. The van der Waals surface area contributed by atoms with E-state index in [4.69, 9.17) is 4.74 Å². The summed E-state index contributed by atoms with van der Waals surface area (Å²) in [5, 5.41) is 0.685. The summed E-state index contributed by atoms with van der Waals surface area (Å²) in [6.07, 6.45) is 6.16. The van der Waals surface area contributed by atoms with Gasteiger partial charge >= 0.3 is 0 Å². The van der Waals surface area contributed by atoms with Crippen molar-refractivity contribution < 1.29 is 4.74 Å². The predicted molar refractivity (Wildman–Crippen MR) is 117 cm³/mol. The lowest BCUT2D eigenvalue weighted by molar-refractivity contribution is 0.310. The molecule has 0 saturated carbocycles. The number of benzene rings is 2. The van der Waals surface area contributed by atoms with Crippen LogP contribution in [-0.2, 0) is 0 Å². The van der Waals surface area contributed by atoms with E-state index in [1.54, 1.807) is 11.8 Å². The van der Waals surface area contributed by atoms with E-state index in [1.165, 1.54) is 11.6 Å². The van der Waals surface area contributed by atoms with Crippen LogP contribution in [0.25, 0.3) is 12.2 Å². The van der Waals surface area contributed by atoms with Crippen LogP contribution in [-0.4, -0.2) is 22.3 Å². The van der Waals surface area contributed by atoms with Gasteiger partial charge in [-0.2, -0.15) is 0 Å². The summed E-state index contributed by atoms with van der Waals surface area (Å²) in [7, 11) is 0. The molecule has 3 rings (SSSR count). The second-order valence-corrected chi connectivity index (χ2v) is 7.49. The maximum atomic E-state index is 11.4. The molecule has 144 valence electrons. The van der Waals surface area contributed by atoms with Gasteiger partial charge in [0.1, 0.15) is 5.75 Å². The fourth-order valence-electron chi connectivity index (χ4n) is 2.61. The van der Waals surface area contributed by atoms with Gasteiger partial charge in [0, 0.05) is 17.5 Å². The van der Waals surface area contributed by atoms with Gasteiger partial charge in [0.2, 0.25) is 0 Å². The Balaban J connectivity index is 1.36. The normalized spacial score (nSPS) is 11.0. The summed E-state index contributed by atoms with van der Waals surface area (Å²) in [6, 6.07) is 19.9. The van der Waals surface area contributed by atoms with Crippen LogP contribution in [0.5, 0.6) is 5.75 Å². The molecule has 2 aromatic carbocycles. The zero-order chi connectivity index (χ0) is 19.6. The minimum Gasteiger partial charge on any atom is -0.494 e. The van der Waals surface area contributed by atoms with E-state index in [-0.39, 0.29) is 5.56 Å². The van der Waals surface area contributed by atoms with Crippen molar-refractivity contribution >= 4 is 23.9 Å². The van der Waals surface area contributed by atoms with Gasteiger partial charge in [0.05, 0.1) is 6.61 Å². The number of hydrogen-bond acceptors (Lipinski definition) is 4. The van der Waals surface area contributed by atoms with Crippen molar-refractivity contribution in [3.63, 3.8) is 0 Å². The van der Waals surface area contributed by atoms with E-state index in [0.29, 0.717) is 11.8 Å². The number of nitrogens with zero attached hydrogens (tertiary/aromatic N) is 1. The maximum absolute atomic E-state index is 11.4. The fourth-order valence-corrected chi connectivity index (χ4v) is 3.54. The highest BCUT2D eigenvalue weighted by Crippen LogP contribution is 2.16. The van der Waals surface area contributed by atoms with Gasteiger partial charge in [-0.1, -0.05) is 66.4 Å². The van der Waals surface area contributed by atoms with Crippen molar-refractivity contribution in [3.05, 3.63) is 87.8 Å². The Morgan fingerprint density at radius 1 is 1.00 bits per heavy atom. The second kappa shape index (κ2) is 10.5. The first kappa shape index (κ1) is 20.0. The molecule has 0 fully saturated rings. The van der Waals surface area contributed by atoms with Crippen LogP contribution in [0.3, 0.4) is 0 Å². The van der Waals surface area contributed by atoms with Gasteiger partial charge in [0.15, 0.2) is 5.16 Å². The van der Waals surface area contributed by atoms with E-state index in [2.05, 4.69) is 46.4 Å². The van der Waals surface area contributed by atoms with Crippen molar-refractivity contribution in [2.75, 3.05) is 12.4 Å². The standard InChI is InChI=1S/C23H24N2O2S/c1-18-17-22(26)25-23(24-18)28-16-6-5-15-27-21-13-11-20(12-14-21)10-9-19-7-3-2-4-8-19/h2-4,7-14,17H,5-6,15-16H2,1H3,(H,24,25,26)/b10-9+. The van der Waals surface area contributed by atoms with Crippen LogP contribution in [0, 0.1) is 6.92 Å². The number of rotatable bonds is 9. The zero-order valence-corrected chi connectivity index (χ0v) is 16.7. The van der Waals surface area contributed by atoms with E-state index in [1.807, 2.05) is 37.3 Å². The summed E-state index contributed by atoms with van der Waals surface area (Å²) in [4.78, 5) is 18.5. The van der Waals surface area contributed by atoms with Gasteiger partial charge < -0.3 is 9.72 Å². The van der Waals surface area contributed by atoms with Crippen molar-refractivity contribution in [3.8, 4) is 5.75 Å². The molecule has 28 heavy (non-hydrogen) atoms. The van der Waals surface area contributed by atoms with Crippen molar-refractivity contribution in [2.24, 2.45) is 0 Å². The Morgan fingerprint density at radius 2 is 1.71 bits per heavy atom. The molecule has 0 atom stereocenters. The number of H-pyrrole nitrogens is 1. The maximum Gasteiger partial charge on any atom is 0.251 e. The Labute approximate surface area is 169 Å². The summed E-state index contributed by atoms with van der Waals surface area (Å²) in [6.45, 7) is 2.51. The molecular weight excluding hydrogens is 368 g/mol. The Hall–Kier alpha value is -2.79. The SMILES string of the molecule is Cc1cc(=O)[nH]c(SCCCCOc2ccc(/C=C/c3ccccc3)cc2)n1. The highest BCUT2D eigenvalue weighted by Gasteiger charge is 2.00. The second-order valence-electron chi connectivity index (χ2n) is 6.41. The number of aryl methyl sites for hydroxylation is 1. The highest BCUT2D eigenvalue weighted by molar-refractivity contribution is 7.99. The monoisotopic (exact) mass is 392 g/mol. The average Bonchev–Trinajstić information content (AvgIpc) is 2.70. The quantitative estimate of drug-likeness (QED) is 0.235. The third-order valence-electron chi connectivity index (χ3n) is 4.04. The molecule has 1 N–H and O–H groups in total. The van der Waals surface area contributed by atoms with Crippen LogP contribution in [0.2, 0.25) is 0 Å². The number of thioether (sulfide) groups is 1. The Kier molecular flexibility index (Phi) is 7.50. The molecule has 3 aromatic rings. The molecule has 0 spiro atoms. The van der Waals surface area contributed by atoms with E-state index < -0.39 is 0 Å². The molecule has 1 heterocycles. The summed E-state index contributed by atoms with van der Waals surface area (Å²) >= 11 is 1.57. The molecule has 4 nitrogen and oxygen atoms in total. The third-order valence-corrected chi connectivity index (χ3v) is 5.00. The lowest BCUT2D eigenvalue weighted by atomic mass is 10.1. The predicted octanol–water partition coefficient (Wildman–Crippen LogP) is 5.20. The topological polar surface area (TPSA) is 55.0 Å². The van der Waals surface area contributed by atoms with Crippen molar-refractivity contribution in [2.45, 2.75) is 24.9 Å². The van der Waals surface area contributed by atoms with Crippen LogP contribution in [0.15, 0.2) is 70.6 Å². The van der Waals surface area contributed by atoms with Crippen molar-refractivity contribution in [1.82, 2.24) is 9.97 Å². The van der Waals surface area contributed by atoms with Crippen LogP contribution >= 0.6 is 11.8 Å².